The number of nitrogens with two attached hydrogens (primary N) is 1. The van der Waals surface area contributed by atoms with E-state index in [2.05, 4.69) is 21.3 Å². The predicted octanol–water partition coefficient (Wildman–Crippen LogP) is 1.69. The van der Waals surface area contributed by atoms with Crippen molar-refractivity contribution >= 4 is 23.7 Å². The number of carbonyl (C=O) groups excluding carboxylic acids is 3. The van der Waals surface area contributed by atoms with Crippen LogP contribution >= 0.6 is 0 Å². The number of hydrogen-bond acceptors (Lipinski definition) is 5. The lowest BCUT2D eigenvalue weighted by atomic mass is 10.1. The van der Waals surface area contributed by atoms with Crippen molar-refractivity contribution in [1.29, 1.82) is 0 Å². The van der Waals surface area contributed by atoms with Crippen molar-refractivity contribution in [3.8, 4) is 0 Å². The van der Waals surface area contributed by atoms with Crippen LogP contribution in [0.3, 0.4) is 0 Å². The molecule has 6 N–H and O–H groups in total. The number of benzene rings is 1. The molecule has 28 heavy (non-hydrogen) atoms. The summed E-state index contributed by atoms with van der Waals surface area (Å²) in [5.74, 6) is -0.166. The van der Waals surface area contributed by atoms with Gasteiger partial charge in [0.25, 0.3) is 0 Å². The summed E-state index contributed by atoms with van der Waals surface area (Å²) in [7, 11) is 1.71. The van der Waals surface area contributed by atoms with Gasteiger partial charge in [0.2, 0.25) is 5.91 Å². The average molecular weight is 393 g/mol. The summed E-state index contributed by atoms with van der Waals surface area (Å²) >= 11 is 0. The van der Waals surface area contributed by atoms with Crippen molar-refractivity contribution in [1.82, 2.24) is 16.0 Å². The Labute approximate surface area is 165 Å². The Morgan fingerprint density at radius 1 is 1.11 bits per heavy atom. The van der Waals surface area contributed by atoms with Gasteiger partial charge in [0, 0.05) is 18.8 Å². The zero-order chi connectivity index (χ0) is 21.2. The first kappa shape index (κ1) is 23.2. The molecule has 0 aliphatic rings. The smallest absolute Gasteiger partial charge is 0.407 e. The van der Waals surface area contributed by atoms with Crippen LogP contribution in [0.4, 0.5) is 15.3 Å². The zero-order valence-electron chi connectivity index (χ0n) is 16.9. The Morgan fingerprint density at radius 2 is 1.75 bits per heavy atom. The molecule has 1 rings (SSSR count). The first-order valence-corrected chi connectivity index (χ1v) is 9.18. The molecule has 0 spiro atoms. The lowest BCUT2D eigenvalue weighted by Gasteiger charge is -2.19. The predicted molar refractivity (Wildman–Crippen MR) is 108 cm³/mol. The van der Waals surface area contributed by atoms with Crippen molar-refractivity contribution in [3.05, 3.63) is 29.8 Å². The van der Waals surface area contributed by atoms with Crippen LogP contribution in [0.5, 0.6) is 0 Å². The van der Waals surface area contributed by atoms with Gasteiger partial charge in [-0.15, -0.1) is 0 Å². The fourth-order valence-electron chi connectivity index (χ4n) is 2.35. The van der Waals surface area contributed by atoms with Gasteiger partial charge in [-0.2, -0.15) is 0 Å². The van der Waals surface area contributed by atoms with E-state index in [1.54, 1.807) is 40.0 Å². The monoisotopic (exact) mass is 393 g/mol. The van der Waals surface area contributed by atoms with Crippen molar-refractivity contribution in [2.45, 2.75) is 51.8 Å². The van der Waals surface area contributed by atoms with Gasteiger partial charge >= 0.3 is 12.1 Å². The summed E-state index contributed by atoms with van der Waals surface area (Å²) in [6, 6.07) is 6.21. The second-order valence-corrected chi connectivity index (χ2v) is 7.32. The number of carbonyl (C=O) groups is 3. The SMILES string of the molecule is CN[C@@H](CCCNC(N)=O)C(=O)Nc1ccc(CNC(=O)OC(C)(C)C)cc1. The van der Waals surface area contributed by atoms with Crippen molar-refractivity contribution in [2.75, 3.05) is 18.9 Å². The quantitative estimate of drug-likeness (QED) is 0.407. The first-order chi connectivity index (χ1) is 13.1. The number of alkyl carbamates (subject to hydrolysis) is 1. The number of urea groups is 1. The molecule has 0 radical (unpaired) electrons. The highest BCUT2D eigenvalue weighted by atomic mass is 16.6. The Balaban J connectivity index is 2.46. The van der Waals surface area contributed by atoms with E-state index in [-0.39, 0.29) is 11.9 Å². The summed E-state index contributed by atoms with van der Waals surface area (Å²) in [6.07, 6.45) is 0.699. The number of likely N-dealkylation sites (N-methyl/N-ethyl adjacent to an activating group) is 1. The van der Waals surface area contributed by atoms with Gasteiger partial charge in [-0.1, -0.05) is 12.1 Å². The summed E-state index contributed by atoms with van der Waals surface area (Å²) in [5, 5.41) is 11.0. The third-order valence-corrected chi connectivity index (χ3v) is 3.69. The van der Waals surface area contributed by atoms with Crippen LogP contribution in [0.15, 0.2) is 24.3 Å². The Hall–Kier alpha value is -2.81. The fourth-order valence-corrected chi connectivity index (χ4v) is 2.35. The van der Waals surface area contributed by atoms with Crippen LogP contribution in [0.1, 0.15) is 39.2 Å². The van der Waals surface area contributed by atoms with E-state index in [0.717, 1.165) is 5.56 Å². The van der Waals surface area contributed by atoms with E-state index in [1.807, 2.05) is 12.1 Å². The molecule has 0 aromatic heterocycles. The standard InChI is InChI=1S/C19H31N5O4/c1-19(2,3)28-18(27)23-12-13-7-9-14(10-8-13)24-16(25)15(21-4)6-5-11-22-17(20)26/h7-10,15,21H,5-6,11-12H2,1-4H3,(H,23,27)(H,24,25)(H3,20,22,26)/t15-/m0/s1. The maximum Gasteiger partial charge on any atom is 0.407 e. The summed E-state index contributed by atoms with van der Waals surface area (Å²) in [6.45, 7) is 6.15. The molecule has 9 heteroatoms. The number of hydrogen-bond donors (Lipinski definition) is 5. The maximum atomic E-state index is 12.3. The van der Waals surface area contributed by atoms with Crippen LogP contribution in [-0.2, 0) is 16.1 Å². The van der Waals surface area contributed by atoms with Crippen LogP contribution in [-0.4, -0.2) is 43.3 Å². The summed E-state index contributed by atoms with van der Waals surface area (Å²) < 4.78 is 5.18. The third-order valence-electron chi connectivity index (χ3n) is 3.69. The molecule has 0 aliphatic heterocycles. The van der Waals surface area contributed by atoms with Gasteiger partial charge in [0.15, 0.2) is 0 Å². The number of rotatable bonds is 9. The van der Waals surface area contributed by atoms with Crippen LogP contribution in [0.2, 0.25) is 0 Å². The van der Waals surface area contributed by atoms with E-state index in [0.29, 0.717) is 31.6 Å². The molecule has 9 nitrogen and oxygen atoms in total. The number of amides is 4. The molecule has 0 unspecified atom stereocenters. The first-order valence-electron chi connectivity index (χ1n) is 9.18. The van der Waals surface area contributed by atoms with Crippen LogP contribution in [0, 0.1) is 0 Å². The number of anilines is 1. The average Bonchev–Trinajstić information content (AvgIpc) is 2.59. The van der Waals surface area contributed by atoms with Gasteiger partial charge in [-0.05, 0) is 58.4 Å². The molecular formula is C19H31N5O4. The largest absolute Gasteiger partial charge is 0.444 e. The topological polar surface area (TPSA) is 135 Å². The highest BCUT2D eigenvalue weighted by molar-refractivity contribution is 5.94. The second kappa shape index (κ2) is 11.1. The molecule has 0 heterocycles. The van der Waals surface area contributed by atoms with Gasteiger partial charge in [0.1, 0.15) is 5.60 Å². The minimum Gasteiger partial charge on any atom is -0.444 e. The second-order valence-electron chi connectivity index (χ2n) is 7.32. The lowest BCUT2D eigenvalue weighted by molar-refractivity contribution is -0.118. The Morgan fingerprint density at radius 3 is 2.29 bits per heavy atom. The van der Waals surface area contributed by atoms with Gasteiger partial charge in [-0.25, -0.2) is 9.59 Å². The molecule has 1 aromatic rings. The Kier molecular flexibility index (Phi) is 9.23. The molecule has 0 fully saturated rings. The minimum atomic E-state index is -0.577. The van der Waals surface area contributed by atoms with Crippen molar-refractivity contribution < 1.29 is 19.1 Å². The zero-order valence-corrected chi connectivity index (χ0v) is 16.9. The molecule has 1 aromatic carbocycles. The summed E-state index contributed by atoms with van der Waals surface area (Å²) in [5.41, 5.74) is 6.00. The third kappa shape index (κ3) is 9.77. The fraction of sp³-hybridized carbons (Fsp3) is 0.526. The van der Waals surface area contributed by atoms with Crippen LogP contribution < -0.4 is 27.0 Å². The number of primary amides is 1. The van der Waals surface area contributed by atoms with Crippen molar-refractivity contribution in [2.24, 2.45) is 5.73 Å². The maximum absolute atomic E-state index is 12.3. The molecule has 0 saturated heterocycles. The minimum absolute atomic E-state index is 0.166. The number of nitrogens with one attached hydrogen (secondary N) is 4. The lowest BCUT2D eigenvalue weighted by Crippen LogP contribution is -2.39. The van der Waals surface area contributed by atoms with E-state index in [9.17, 15) is 14.4 Å². The van der Waals surface area contributed by atoms with Crippen molar-refractivity contribution in [3.63, 3.8) is 0 Å². The highest BCUT2D eigenvalue weighted by Gasteiger charge is 2.17. The molecule has 1 atom stereocenters. The van der Waals surface area contributed by atoms with E-state index < -0.39 is 17.7 Å². The summed E-state index contributed by atoms with van der Waals surface area (Å²) in [4.78, 5) is 34.7. The Bertz CT molecular complexity index is 655. The van der Waals surface area contributed by atoms with Gasteiger partial charge < -0.3 is 31.7 Å². The van der Waals surface area contributed by atoms with E-state index in [1.165, 1.54) is 0 Å². The molecule has 4 amide bonds. The molecule has 0 saturated carbocycles. The molecule has 0 bridgehead atoms. The van der Waals surface area contributed by atoms with Crippen LogP contribution in [0.25, 0.3) is 0 Å². The normalized spacial score (nSPS) is 12.0. The molecular weight excluding hydrogens is 362 g/mol. The van der Waals surface area contributed by atoms with E-state index >= 15 is 0 Å². The highest BCUT2D eigenvalue weighted by Crippen LogP contribution is 2.12. The van der Waals surface area contributed by atoms with Gasteiger partial charge in [0.05, 0.1) is 6.04 Å². The number of ether oxygens (including phenoxy) is 1. The van der Waals surface area contributed by atoms with E-state index in [4.69, 9.17) is 10.5 Å². The molecule has 156 valence electrons. The molecule has 0 aliphatic carbocycles. The van der Waals surface area contributed by atoms with Gasteiger partial charge in [-0.3, -0.25) is 4.79 Å².